The quantitative estimate of drug-likeness (QED) is 0.397. The van der Waals surface area contributed by atoms with Gasteiger partial charge in [-0.15, -0.1) is 0 Å². The zero-order valence-electron chi connectivity index (χ0n) is 17.9. The van der Waals surface area contributed by atoms with E-state index in [0.29, 0.717) is 36.1 Å². The monoisotopic (exact) mass is 421 g/mol. The Morgan fingerprint density at radius 2 is 1.45 bits per heavy atom. The summed E-state index contributed by atoms with van der Waals surface area (Å²) in [6.07, 6.45) is 0. The van der Waals surface area contributed by atoms with Crippen LogP contribution in [-0.4, -0.2) is 27.3 Å². The first-order valence-corrected chi connectivity index (χ1v) is 9.75. The maximum absolute atomic E-state index is 6.04. The van der Waals surface area contributed by atoms with E-state index in [1.54, 1.807) is 33.5 Å². The average Bonchev–Trinajstić information content (AvgIpc) is 2.82. The zero-order chi connectivity index (χ0) is 22.1. The van der Waals surface area contributed by atoms with Gasteiger partial charge in [-0.25, -0.2) is 4.99 Å². The van der Waals surface area contributed by atoms with Crippen LogP contribution >= 0.6 is 0 Å². The Morgan fingerprint density at radius 1 is 0.774 bits per heavy atom. The lowest BCUT2D eigenvalue weighted by molar-refractivity contribution is 0.284. The molecule has 7 heteroatoms. The van der Waals surface area contributed by atoms with Crippen molar-refractivity contribution in [3.63, 3.8) is 0 Å². The Kier molecular flexibility index (Phi) is 7.59. The van der Waals surface area contributed by atoms with Crippen LogP contribution in [0.2, 0.25) is 0 Å². The van der Waals surface area contributed by atoms with Crippen molar-refractivity contribution in [2.24, 2.45) is 10.7 Å². The molecule has 3 rings (SSSR count). The molecule has 31 heavy (non-hydrogen) atoms. The van der Waals surface area contributed by atoms with Gasteiger partial charge in [-0.05, 0) is 35.4 Å². The molecule has 0 fully saturated rings. The second-order valence-electron chi connectivity index (χ2n) is 6.66. The van der Waals surface area contributed by atoms with Gasteiger partial charge in [0.05, 0.1) is 27.9 Å². The molecule has 0 bridgehead atoms. The van der Waals surface area contributed by atoms with Gasteiger partial charge in [0.2, 0.25) is 0 Å². The number of aliphatic imine (C=N–C) groups is 1. The van der Waals surface area contributed by atoms with Gasteiger partial charge in [-0.1, -0.05) is 36.4 Å². The Hall–Kier alpha value is -3.87. The minimum atomic E-state index is 0.288. The lowest BCUT2D eigenvalue weighted by Gasteiger charge is -2.12. The standard InChI is InChI=1S/C24H27N3O4/c1-28-20-12-10-19(14-23(20)30-3)27-24(25)26-15-18-9-11-21(22(13-18)29-2)31-16-17-7-5-4-6-8-17/h4-14H,15-16H2,1-3H3,(H3,25,26,27). The summed E-state index contributed by atoms with van der Waals surface area (Å²) in [5.74, 6) is 2.86. The van der Waals surface area contributed by atoms with Crippen LogP contribution in [-0.2, 0) is 13.2 Å². The van der Waals surface area contributed by atoms with Crippen molar-refractivity contribution in [1.82, 2.24) is 0 Å². The highest BCUT2D eigenvalue weighted by Gasteiger charge is 2.08. The van der Waals surface area contributed by atoms with E-state index in [2.05, 4.69) is 10.3 Å². The second kappa shape index (κ2) is 10.8. The molecule has 0 spiro atoms. The third-order valence-corrected chi connectivity index (χ3v) is 4.55. The van der Waals surface area contributed by atoms with Crippen molar-refractivity contribution in [2.75, 3.05) is 26.6 Å². The molecule has 0 saturated heterocycles. The van der Waals surface area contributed by atoms with E-state index < -0.39 is 0 Å². The summed E-state index contributed by atoms with van der Waals surface area (Å²) in [6.45, 7) is 0.859. The van der Waals surface area contributed by atoms with Gasteiger partial charge >= 0.3 is 0 Å². The van der Waals surface area contributed by atoms with Crippen LogP contribution in [0.1, 0.15) is 11.1 Å². The van der Waals surface area contributed by atoms with E-state index in [1.165, 1.54) is 0 Å². The van der Waals surface area contributed by atoms with Crippen molar-refractivity contribution in [2.45, 2.75) is 13.2 Å². The molecular weight excluding hydrogens is 394 g/mol. The Bertz CT molecular complexity index is 1020. The predicted octanol–water partition coefficient (Wildman–Crippen LogP) is 4.22. The molecule has 0 aliphatic heterocycles. The minimum Gasteiger partial charge on any atom is -0.493 e. The Labute approximate surface area is 182 Å². The van der Waals surface area contributed by atoms with Crippen LogP contribution < -0.4 is 30.0 Å². The smallest absolute Gasteiger partial charge is 0.193 e. The molecule has 162 valence electrons. The normalized spacial score (nSPS) is 11.0. The lowest BCUT2D eigenvalue weighted by atomic mass is 10.2. The van der Waals surface area contributed by atoms with Crippen molar-refractivity contribution >= 4 is 11.6 Å². The largest absolute Gasteiger partial charge is 0.493 e. The van der Waals surface area contributed by atoms with Gasteiger partial charge in [0, 0.05) is 11.8 Å². The van der Waals surface area contributed by atoms with Gasteiger partial charge in [-0.3, -0.25) is 0 Å². The summed E-state index contributed by atoms with van der Waals surface area (Å²) in [6, 6.07) is 21.1. The predicted molar refractivity (Wildman–Crippen MR) is 122 cm³/mol. The number of hydrogen-bond acceptors (Lipinski definition) is 5. The maximum Gasteiger partial charge on any atom is 0.193 e. The van der Waals surface area contributed by atoms with Gasteiger partial charge < -0.3 is 30.0 Å². The SMILES string of the molecule is COc1ccc(NC(N)=NCc2ccc(OCc3ccccc3)c(OC)c2)cc1OC. The van der Waals surface area contributed by atoms with Crippen LogP contribution in [0.25, 0.3) is 0 Å². The van der Waals surface area contributed by atoms with Crippen LogP contribution in [0.3, 0.4) is 0 Å². The first kappa shape index (κ1) is 21.8. The molecule has 0 unspecified atom stereocenters. The van der Waals surface area contributed by atoms with E-state index in [9.17, 15) is 0 Å². The van der Waals surface area contributed by atoms with Crippen molar-refractivity contribution in [3.05, 3.63) is 77.9 Å². The maximum atomic E-state index is 6.04. The molecule has 0 saturated carbocycles. The van der Waals surface area contributed by atoms with Crippen LogP contribution in [0, 0.1) is 0 Å². The summed E-state index contributed by atoms with van der Waals surface area (Å²) >= 11 is 0. The highest BCUT2D eigenvalue weighted by Crippen LogP contribution is 2.30. The summed E-state index contributed by atoms with van der Waals surface area (Å²) in [5.41, 5.74) is 8.83. The number of rotatable bonds is 9. The van der Waals surface area contributed by atoms with Gasteiger partial charge in [-0.2, -0.15) is 0 Å². The Morgan fingerprint density at radius 3 is 2.16 bits per heavy atom. The summed E-state index contributed by atoms with van der Waals surface area (Å²) in [5, 5.41) is 3.05. The number of hydrogen-bond donors (Lipinski definition) is 2. The van der Waals surface area contributed by atoms with Gasteiger partial charge in [0.25, 0.3) is 0 Å². The van der Waals surface area contributed by atoms with E-state index in [4.69, 9.17) is 24.7 Å². The van der Waals surface area contributed by atoms with Crippen LogP contribution in [0.15, 0.2) is 71.7 Å². The molecule has 0 heterocycles. The van der Waals surface area contributed by atoms with E-state index >= 15 is 0 Å². The van der Waals surface area contributed by atoms with E-state index in [-0.39, 0.29) is 5.96 Å². The average molecular weight is 421 g/mol. The van der Waals surface area contributed by atoms with Crippen molar-refractivity contribution < 1.29 is 18.9 Å². The second-order valence-corrected chi connectivity index (χ2v) is 6.66. The molecule has 3 N–H and O–H groups in total. The number of nitrogens with one attached hydrogen (secondary N) is 1. The molecule has 0 aliphatic carbocycles. The molecule has 0 atom stereocenters. The minimum absolute atomic E-state index is 0.288. The fraction of sp³-hybridized carbons (Fsp3) is 0.208. The number of nitrogens with zero attached hydrogens (tertiary/aromatic N) is 1. The van der Waals surface area contributed by atoms with E-state index in [1.807, 2.05) is 54.6 Å². The highest BCUT2D eigenvalue weighted by molar-refractivity contribution is 5.92. The number of anilines is 1. The molecule has 0 radical (unpaired) electrons. The first-order chi connectivity index (χ1) is 15.1. The number of guanidine groups is 1. The van der Waals surface area contributed by atoms with Crippen LogP contribution in [0.4, 0.5) is 5.69 Å². The third kappa shape index (κ3) is 6.05. The summed E-state index contributed by atoms with van der Waals surface area (Å²) in [4.78, 5) is 4.40. The number of nitrogens with two attached hydrogens (primary N) is 1. The highest BCUT2D eigenvalue weighted by atomic mass is 16.5. The molecule has 7 nitrogen and oxygen atoms in total. The van der Waals surface area contributed by atoms with Crippen LogP contribution in [0.5, 0.6) is 23.0 Å². The fourth-order valence-electron chi connectivity index (χ4n) is 2.94. The summed E-state index contributed by atoms with van der Waals surface area (Å²) in [7, 11) is 4.79. The van der Waals surface area contributed by atoms with Gasteiger partial charge in [0.1, 0.15) is 6.61 Å². The molecular formula is C24H27N3O4. The molecule has 0 aliphatic rings. The Balaban J connectivity index is 1.63. The zero-order valence-corrected chi connectivity index (χ0v) is 17.9. The molecule has 0 aromatic heterocycles. The molecule has 3 aromatic rings. The van der Waals surface area contributed by atoms with Gasteiger partial charge in [0.15, 0.2) is 29.0 Å². The summed E-state index contributed by atoms with van der Waals surface area (Å²) < 4.78 is 21.9. The lowest BCUT2D eigenvalue weighted by Crippen LogP contribution is -2.22. The molecule has 0 amide bonds. The first-order valence-electron chi connectivity index (χ1n) is 9.75. The number of benzene rings is 3. The topological polar surface area (TPSA) is 87.3 Å². The van der Waals surface area contributed by atoms with Crippen molar-refractivity contribution in [1.29, 1.82) is 0 Å². The fourth-order valence-corrected chi connectivity index (χ4v) is 2.94. The molecule has 3 aromatic carbocycles. The number of ether oxygens (including phenoxy) is 4. The van der Waals surface area contributed by atoms with Crippen molar-refractivity contribution in [3.8, 4) is 23.0 Å². The van der Waals surface area contributed by atoms with E-state index in [0.717, 1.165) is 16.8 Å². The number of methoxy groups -OCH3 is 3. The third-order valence-electron chi connectivity index (χ3n) is 4.55.